The second-order valence-corrected chi connectivity index (χ2v) is 6.16. The summed E-state index contributed by atoms with van der Waals surface area (Å²) < 4.78 is 32.0. The van der Waals surface area contributed by atoms with Crippen molar-refractivity contribution in [2.75, 3.05) is 40.4 Å². The van der Waals surface area contributed by atoms with E-state index < -0.39 is 10.2 Å². The standard InChI is InChI=1S/C10H23N3O3S/c1-13(8-3-6-11-10-4-5-10)17(14,15)12-7-9-16-2/h10-12H,3-9H2,1-2H3. The van der Waals surface area contributed by atoms with Crippen molar-refractivity contribution in [3.05, 3.63) is 0 Å². The Morgan fingerprint density at radius 2 is 2.06 bits per heavy atom. The molecule has 0 amide bonds. The first-order valence-electron chi connectivity index (χ1n) is 5.99. The van der Waals surface area contributed by atoms with E-state index in [1.165, 1.54) is 17.1 Å². The molecular formula is C10H23N3O3S. The van der Waals surface area contributed by atoms with Crippen LogP contribution in [-0.4, -0.2) is 59.2 Å². The van der Waals surface area contributed by atoms with Crippen molar-refractivity contribution in [3.8, 4) is 0 Å². The Morgan fingerprint density at radius 1 is 1.35 bits per heavy atom. The van der Waals surface area contributed by atoms with Gasteiger partial charge in [-0.3, -0.25) is 0 Å². The van der Waals surface area contributed by atoms with E-state index in [0.29, 0.717) is 25.7 Å². The van der Waals surface area contributed by atoms with Crippen molar-refractivity contribution in [1.82, 2.24) is 14.3 Å². The highest BCUT2D eigenvalue weighted by Crippen LogP contribution is 2.18. The van der Waals surface area contributed by atoms with Crippen LogP contribution in [0.1, 0.15) is 19.3 Å². The van der Waals surface area contributed by atoms with Crippen LogP contribution in [0.25, 0.3) is 0 Å². The van der Waals surface area contributed by atoms with Gasteiger partial charge >= 0.3 is 0 Å². The molecule has 1 fully saturated rings. The van der Waals surface area contributed by atoms with Crippen LogP contribution < -0.4 is 10.0 Å². The van der Waals surface area contributed by atoms with E-state index in [2.05, 4.69) is 10.0 Å². The van der Waals surface area contributed by atoms with Crippen LogP contribution in [0.5, 0.6) is 0 Å². The van der Waals surface area contributed by atoms with E-state index in [-0.39, 0.29) is 0 Å². The molecule has 0 spiro atoms. The van der Waals surface area contributed by atoms with Crippen molar-refractivity contribution in [2.45, 2.75) is 25.3 Å². The molecule has 0 aromatic rings. The van der Waals surface area contributed by atoms with Gasteiger partial charge in [-0.2, -0.15) is 17.4 Å². The average Bonchev–Trinajstić information content (AvgIpc) is 3.08. The first-order valence-corrected chi connectivity index (χ1v) is 7.43. The molecule has 1 saturated carbocycles. The summed E-state index contributed by atoms with van der Waals surface area (Å²) in [5.74, 6) is 0. The van der Waals surface area contributed by atoms with Crippen molar-refractivity contribution in [3.63, 3.8) is 0 Å². The zero-order chi connectivity index (χ0) is 12.7. The number of hydrogen-bond donors (Lipinski definition) is 2. The topological polar surface area (TPSA) is 70.7 Å². The van der Waals surface area contributed by atoms with Crippen LogP contribution in [0.2, 0.25) is 0 Å². The van der Waals surface area contributed by atoms with Gasteiger partial charge in [0.15, 0.2) is 0 Å². The number of nitrogens with one attached hydrogen (secondary N) is 2. The molecule has 0 radical (unpaired) electrons. The Balaban J connectivity index is 2.12. The van der Waals surface area contributed by atoms with Gasteiger partial charge in [0.05, 0.1) is 6.61 Å². The molecule has 102 valence electrons. The molecule has 17 heavy (non-hydrogen) atoms. The van der Waals surface area contributed by atoms with Crippen molar-refractivity contribution >= 4 is 10.2 Å². The number of hydrogen-bond acceptors (Lipinski definition) is 4. The first kappa shape index (κ1) is 14.8. The molecule has 0 bridgehead atoms. The van der Waals surface area contributed by atoms with Gasteiger partial charge in [0.1, 0.15) is 0 Å². The zero-order valence-electron chi connectivity index (χ0n) is 10.6. The van der Waals surface area contributed by atoms with Crippen molar-refractivity contribution < 1.29 is 13.2 Å². The van der Waals surface area contributed by atoms with Crippen molar-refractivity contribution in [2.24, 2.45) is 0 Å². The Labute approximate surface area is 104 Å². The number of nitrogens with zero attached hydrogens (tertiary/aromatic N) is 1. The maximum atomic E-state index is 11.7. The second kappa shape index (κ2) is 7.27. The van der Waals surface area contributed by atoms with Crippen LogP contribution in [-0.2, 0) is 14.9 Å². The van der Waals surface area contributed by atoms with Gasteiger partial charge in [0.25, 0.3) is 10.2 Å². The Morgan fingerprint density at radius 3 is 2.65 bits per heavy atom. The van der Waals surface area contributed by atoms with Gasteiger partial charge in [-0.15, -0.1) is 0 Å². The maximum Gasteiger partial charge on any atom is 0.279 e. The number of methoxy groups -OCH3 is 1. The lowest BCUT2D eigenvalue weighted by molar-refractivity contribution is 0.204. The SMILES string of the molecule is COCCNS(=O)(=O)N(C)CCCNC1CC1. The minimum absolute atomic E-state index is 0.309. The summed E-state index contributed by atoms with van der Waals surface area (Å²) in [6.07, 6.45) is 3.34. The molecule has 1 aliphatic rings. The molecule has 0 aromatic carbocycles. The summed E-state index contributed by atoms with van der Waals surface area (Å²) in [7, 11) is -0.209. The molecule has 0 saturated heterocycles. The first-order chi connectivity index (χ1) is 8.06. The minimum atomic E-state index is -3.34. The fraction of sp³-hybridized carbons (Fsp3) is 1.00. The Kier molecular flexibility index (Phi) is 6.35. The molecule has 1 rings (SSSR count). The highest BCUT2D eigenvalue weighted by atomic mass is 32.2. The Hall–Kier alpha value is -0.210. The molecule has 2 N–H and O–H groups in total. The fourth-order valence-electron chi connectivity index (χ4n) is 1.40. The summed E-state index contributed by atoms with van der Waals surface area (Å²) in [6, 6.07) is 0.678. The Bertz CT molecular complexity index is 304. The van der Waals surface area contributed by atoms with E-state index in [0.717, 1.165) is 13.0 Å². The summed E-state index contributed by atoms with van der Waals surface area (Å²) >= 11 is 0. The van der Waals surface area contributed by atoms with Gasteiger partial charge in [0.2, 0.25) is 0 Å². The molecule has 7 heteroatoms. The van der Waals surface area contributed by atoms with E-state index in [4.69, 9.17) is 4.74 Å². The predicted octanol–water partition coefficient (Wildman–Crippen LogP) is -0.459. The van der Waals surface area contributed by atoms with E-state index >= 15 is 0 Å². The molecule has 0 atom stereocenters. The van der Waals surface area contributed by atoms with Crippen LogP contribution in [0.3, 0.4) is 0 Å². The summed E-state index contributed by atoms with van der Waals surface area (Å²) in [6.45, 7) is 2.10. The van der Waals surface area contributed by atoms with E-state index in [1.54, 1.807) is 14.2 Å². The quantitative estimate of drug-likeness (QED) is 0.525. The van der Waals surface area contributed by atoms with Gasteiger partial charge in [-0.25, -0.2) is 0 Å². The largest absolute Gasteiger partial charge is 0.383 e. The summed E-state index contributed by atoms with van der Waals surface area (Å²) in [4.78, 5) is 0. The third-order valence-electron chi connectivity index (χ3n) is 2.66. The molecular weight excluding hydrogens is 242 g/mol. The normalized spacial score (nSPS) is 16.6. The lowest BCUT2D eigenvalue weighted by atomic mass is 10.4. The number of rotatable bonds is 10. The molecule has 1 aliphatic carbocycles. The van der Waals surface area contributed by atoms with Crippen LogP contribution >= 0.6 is 0 Å². The van der Waals surface area contributed by atoms with Gasteiger partial charge in [-0.1, -0.05) is 0 Å². The predicted molar refractivity (Wildman–Crippen MR) is 67.1 cm³/mol. The zero-order valence-corrected chi connectivity index (χ0v) is 11.4. The molecule has 6 nitrogen and oxygen atoms in total. The lowest BCUT2D eigenvalue weighted by Crippen LogP contribution is -2.40. The maximum absolute atomic E-state index is 11.7. The van der Waals surface area contributed by atoms with Gasteiger partial charge in [-0.05, 0) is 25.8 Å². The van der Waals surface area contributed by atoms with E-state index in [1.807, 2.05) is 0 Å². The van der Waals surface area contributed by atoms with Gasteiger partial charge < -0.3 is 10.1 Å². The average molecular weight is 265 g/mol. The van der Waals surface area contributed by atoms with Crippen LogP contribution in [0.4, 0.5) is 0 Å². The van der Waals surface area contributed by atoms with Crippen LogP contribution in [0.15, 0.2) is 0 Å². The van der Waals surface area contributed by atoms with Gasteiger partial charge in [0, 0.05) is 33.3 Å². The second-order valence-electron chi connectivity index (χ2n) is 4.30. The molecule has 0 heterocycles. The highest BCUT2D eigenvalue weighted by Gasteiger charge is 2.20. The summed E-state index contributed by atoms with van der Waals surface area (Å²) in [5.41, 5.74) is 0. The summed E-state index contributed by atoms with van der Waals surface area (Å²) in [5, 5.41) is 3.35. The molecule has 0 unspecified atom stereocenters. The third kappa shape index (κ3) is 6.32. The number of ether oxygens (including phenoxy) is 1. The van der Waals surface area contributed by atoms with Crippen LogP contribution in [0, 0.1) is 0 Å². The fourth-order valence-corrected chi connectivity index (χ4v) is 2.33. The smallest absolute Gasteiger partial charge is 0.279 e. The van der Waals surface area contributed by atoms with Crippen molar-refractivity contribution in [1.29, 1.82) is 0 Å². The lowest BCUT2D eigenvalue weighted by Gasteiger charge is -2.17. The monoisotopic (exact) mass is 265 g/mol. The molecule has 0 aromatic heterocycles. The van der Waals surface area contributed by atoms with E-state index in [9.17, 15) is 8.42 Å². The third-order valence-corrected chi connectivity index (χ3v) is 4.23. The minimum Gasteiger partial charge on any atom is -0.383 e. The molecule has 0 aliphatic heterocycles. The highest BCUT2D eigenvalue weighted by molar-refractivity contribution is 7.87.